The smallest absolute Gasteiger partial charge is 0.205 e. The van der Waals surface area contributed by atoms with Crippen molar-refractivity contribution < 1.29 is 8.85 Å². The van der Waals surface area contributed by atoms with Crippen molar-refractivity contribution in [2.75, 3.05) is 13.2 Å². The van der Waals surface area contributed by atoms with Crippen molar-refractivity contribution in [3.8, 4) is 0 Å². The van der Waals surface area contributed by atoms with Crippen molar-refractivity contribution in [1.82, 2.24) is 0 Å². The maximum Gasteiger partial charge on any atom is 0.205 e. The summed E-state index contributed by atoms with van der Waals surface area (Å²) in [7, 11) is -3.79. The van der Waals surface area contributed by atoms with E-state index in [1.165, 1.54) is 140 Å². The molecule has 0 aliphatic heterocycles. The molecule has 0 N–H and O–H groups in total. The van der Waals surface area contributed by atoms with E-state index in [9.17, 15) is 0 Å². The molecule has 236 valence electrons. The third-order valence-corrected chi connectivity index (χ3v) is 22.5. The van der Waals surface area contributed by atoms with Crippen molar-refractivity contribution in [2.24, 2.45) is 0 Å². The van der Waals surface area contributed by atoms with Gasteiger partial charge in [-0.1, -0.05) is 145 Å². The zero-order chi connectivity index (χ0) is 29.2. The molecular formula is C34H74O2SSi2. The van der Waals surface area contributed by atoms with Gasteiger partial charge in [-0.15, -0.1) is 0 Å². The summed E-state index contributed by atoms with van der Waals surface area (Å²) in [6, 6.07) is 5.52. The predicted molar refractivity (Wildman–Crippen MR) is 186 cm³/mol. The normalized spacial score (nSPS) is 14.2. The molecule has 0 aliphatic rings. The van der Waals surface area contributed by atoms with E-state index in [-0.39, 0.29) is 0 Å². The van der Waals surface area contributed by atoms with Crippen molar-refractivity contribution >= 4 is 28.4 Å². The standard InChI is InChI=1S/C34H74O2SSi2/c1-9-17-25-33(38(29-21-13-5,30-22-14-6)35-27-19-11-3)37-34(26-18-10-2)39(31-23-15-7,32-24-16-8)36-28-20-12-4/h33-34H,9-32H2,1-8H3. The number of thioether (sulfide) groups is 1. The van der Waals surface area contributed by atoms with Crippen molar-refractivity contribution in [3.05, 3.63) is 0 Å². The molecule has 5 heteroatoms. The Balaban J connectivity index is 6.65. The Morgan fingerprint density at radius 2 is 0.692 bits per heavy atom. The second-order valence-corrected chi connectivity index (χ2v) is 22.8. The summed E-state index contributed by atoms with van der Waals surface area (Å²) < 4.78 is 14.6. The monoisotopic (exact) mass is 602 g/mol. The van der Waals surface area contributed by atoms with Gasteiger partial charge in [0, 0.05) is 23.0 Å². The number of hydrogen-bond acceptors (Lipinski definition) is 3. The molecule has 0 fully saturated rings. The Labute approximate surface area is 254 Å². The van der Waals surface area contributed by atoms with Crippen molar-refractivity contribution in [2.45, 2.75) is 205 Å². The second kappa shape index (κ2) is 26.3. The molecule has 2 unspecified atom stereocenters. The molecule has 0 aliphatic carbocycles. The van der Waals surface area contributed by atoms with Crippen LogP contribution < -0.4 is 0 Å². The molecule has 39 heavy (non-hydrogen) atoms. The minimum atomic E-state index is -1.89. The zero-order valence-corrected chi connectivity index (χ0v) is 31.2. The summed E-state index contributed by atoms with van der Waals surface area (Å²) >= 11 is 2.47. The molecule has 2 atom stereocenters. The van der Waals surface area contributed by atoms with Gasteiger partial charge in [0.1, 0.15) is 0 Å². The van der Waals surface area contributed by atoms with E-state index in [2.05, 4.69) is 67.2 Å². The van der Waals surface area contributed by atoms with Crippen LogP contribution in [0.4, 0.5) is 0 Å². The van der Waals surface area contributed by atoms with Gasteiger partial charge in [-0.3, -0.25) is 0 Å². The maximum atomic E-state index is 7.31. The van der Waals surface area contributed by atoms with Crippen LogP contribution in [0.3, 0.4) is 0 Å². The fourth-order valence-corrected chi connectivity index (χ4v) is 21.3. The molecule has 0 aromatic carbocycles. The molecule has 2 nitrogen and oxygen atoms in total. The van der Waals surface area contributed by atoms with E-state index in [1.54, 1.807) is 0 Å². The summed E-state index contributed by atoms with van der Waals surface area (Å²) in [5, 5.41) is 0. The van der Waals surface area contributed by atoms with Crippen LogP contribution in [0.2, 0.25) is 24.2 Å². The Kier molecular flexibility index (Phi) is 26.8. The van der Waals surface area contributed by atoms with Crippen LogP contribution in [0.5, 0.6) is 0 Å². The van der Waals surface area contributed by atoms with E-state index in [0.717, 1.165) is 23.0 Å². The average molecular weight is 603 g/mol. The number of unbranched alkanes of at least 4 members (excludes halogenated alkanes) is 8. The minimum Gasteiger partial charge on any atom is -0.416 e. The van der Waals surface area contributed by atoms with Crippen LogP contribution in [0.25, 0.3) is 0 Å². The Hall–Kier alpha value is 0.704. The molecule has 0 aromatic heterocycles. The highest BCUT2D eigenvalue weighted by Gasteiger charge is 2.48. The van der Waals surface area contributed by atoms with Crippen molar-refractivity contribution in [3.63, 3.8) is 0 Å². The van der Waals surface area contributed by atoms with E-state index < -0.39 is 16.6 Å². The molecule has 0 saturated heterocycles. The van der Waals surface area contributed by atoms with E-state index in [0.29, 0.717) is 0 Å². The lowest BCUT2D eigenvalue weighted by Gasteiger charge is -2.45. The molecule has 0 bridgehead atoms. The molecule has 0 rings (SSSR count). The maximum absolute atomic E-state index is 7.31. The van der Waals surface area contributed by atoms with Crippen LogP contribution in [0, 0.1) is 0 Å². The van der Waals surface area contributed by atoms with Crippen LogP contribution in [0.15, 0.2) is 0 Å². The van der Waals surface area contributed by atoms with Gasteiger partial charge in [0.25, 0.3) is 0 Å². The SMILES string of the molecule is CCCCO[Si](CCCC)(CCCC)C(CCCC)SC(CCCC)[Si](CCCC)(CCCC)OCCCC. The fraction of sp³-hybridized carbons (Fsp3) is 1.00. The number of rotatable bonds is 30. The highest BCUT2D eigenvalue weighted by atomic mass is 32.2. The van der Waals surface area contributed by atoms with Gasteiger partial charge in [0.05, 0.1) is 0 Å². The van der Waals surface area contributed by atoms with Crippen LogP contribution in [-0.2, 0) is 8.85 Å². The van der Waals surface area contributed by atoms with Crippen LogP contribution in [0.1, 0.15) is 171 Å². The van der Waals surface area contributed by atoms with Gasteiger partial charge < -0.3 is 8.85 Å². The summed E-state index contributed by atoms with van der Waals surface area (Å²) in [6.45, 7) is 21.0. The van der Waals surface area contributed by atoms with Gasteiger partial charge >= 0.3 is 0 Å². The molecular weight excluding hydrogens is 529 g/mol. The first kappa shape index (κ1) is 39.7. The minimum absolute atomic E-state index is 0.735. The molecule has 0 aromatic rings. The summed E-state index contributed by atoms with van der Waals surface area (Å²) in [5.74, 6) is 0. The van der Waals surface area contributed by atoms with E-state index in [4.69, 9.17) is 8.85 Å². The first-order chi connectivity index (χ1) is 19.0. The van der Waals surface area contributed by atoms with Gasteiger partial charge in [0.2, 0.25) is 16.6 Å². The average Bonchev–Trinajstić information content (AvgIpc) is 2.95. The lowest BCUT2D eigenvalue weighted by atomic mass is 10.3. The van der Waals surface area contributed by atoms with E-state index in [1.807, 2.05) is 0 Å². The highest BCUT2D eigenvalue weighted by Crippen LogP contribution is 2.45. The lowest BCUT2D eigenvalue weighted by molar-refractivity contribution is 0.282. The first-order valence-corrected chi connectivity index (χ1v) is 23.7. The quantitative estimate of drug-likeness (QED) is 0.0601. The topological polar surface area (TPSA) is 18.5 Å². The van der Waals surface area contributed by atoms with Crippen LogP contribution >= 0.6 is 11.8 Å². The predicted octanol–water partition coefficient (Wildman–Crippen LogP) is 12.6. The van der Waals surface area contributed by atoms with Gasteiger partial charge in [-0.25, -0.2) is 0 Å². The second-order valence-electron chi connectivity index (χ2n) is 12.3. The van der Waals surface area contributed by atoms with Crippen LogP contribution in [-0.4, -0.2) is 39.6 Å². The van der Waals surface area contributed by atoms with E-state index >= 15 is 0 Å². The Morgan fingerprint density at radius 1 is 0.410 bits per heavy atom. The Bertz CT molecular complexity index is 459. The molecule has 0 radical (unpaired) electrons. The highest BCUT2D eigenvalue weighted by molar-refractivity contribution is 8.03. The van der Waals surface area contributed by atoms with Gasteiger partial charge in [-0.2, -0.15) is 11.8 Å². The largest absolute Gasteiger partial charge is 0.416 e. The molecule has 0 spiro atoms. The van der Waals surface area contributed by atoms with Gasteiger partial charge in [0.15, 0.2) is 0 Å². The molecule has 0 saturated carbocycles. The molecule has 0 heterocycles. The van der Waals surface area contributed by atoms with Crippen molar-refractivity contribution in [1.29, 1.82) is 0 Å². The molecule has 0 amide bonds. The Morgan fingerprint density at radius 3 is 0.949 bits per heavy atom. The van der Waals surface area contributed by atoms with Gasteiger partial charge in [-0.05, 0) is 49.9 Å². The summed E-state index contributed by atoms with van der Waals surface area (Å²) in [6.07, 6.45) is 23.6. The fourth-order valence-electron chi connectivity index (χ4n) is 6.00. The number of hydrogen-bond donors (Lipinski definition) is 0. The summed E-state index contributed by atoms with van der Waals surface area (Å²) in [4.78, 5) is 1.47. The third-order valence-electron chi connectivity index (χ3n) is 8.73. The lowest BCUT2D eigenvalue weighted by Crippen LogP contribution is -2.54. The third kappa shape index (κ3) is 16.2. The summed E-state index contributed by atoms with van der Waals surface area (Å²) in [5.41, 5.74) is 0. The first-order valence-electron chi connectivity index (χ1n) is 17.9. The zero-order valence-electron chi connectivity index (χ0n) is 28.4.